The Bertz CT molecular complexity index is 176. The smallest absolute Gasteiger partial charge is 0.239 e. The monoisotopic (exact) mass is 185 g/mol. The average molecular weight is 185 g/mol. The standard InChI is InChI=1S/C9H19N3O/c1-8(11(2)3)9(13)12-6-4-10-5-7-12/h8,10H,4-7H2,1-3H3/t8-/m0/s1. The molecule has 1 atom stereocenters. The van der Waals surface area contributed by atoms with Crippen LogP contribution in [0.15, 0.2) is 0 Å². The van der Waals surface area contributed by atoms with E-state index in [0.717, 1.165) is 26.2 Å². The van der Waals surface area contributed by atoms with Gasteiger partial charge in [0.25, 0.3) is 0 Å². The van der Waals surface area contributed by atoms with E-state index in [0.29, 0.717) is 0 Å². The van der Waals surface area contributed by atoms with Crippen LogP contribution in [0.4, 0.5) is 0 Å². The summed E-state index contributed by atoms with van der Waals surface area (Å²) >= 11 is 0. The van der Waals surface area contributed by atoms with Gasteiger partial charge >= 0.3 is 0 Å². The number of rotatable bonds is 2. The molecular weight excluding hydrogens is 166 g/mol. The van der Waals surface area contributed by atoms with Crippen LogP contribution in [0.5, 0.6) is 0 Å². The van der Waals surface area contributed by atoms with E-state index < -0.39 is 0 Å². The van der Waals surface area contributed by atoms with Crippen LogP contribution in [-0.4, -0.2) is 62.0 Å². The molecule has 1 heterocycles. The molecule has 1 aliphatic heterocycles. The van der Waals surface area contributed by atoms with Crippen LogP contribution in [0.3, 0.4) is 0 Å². The molecule has 4 heteroatoms. The summed E-state index contributed by atoms with van der Waals surface area (Å²) in [5.74, 6) is 0.242. The highest BCUT2D eigenvalue weighted by atomic mass is 16.2. The molecule has 1 aliphatic rings. The minimum atomic E-state index is -0.00176. The maximum Gasteiger partial charge on any atom is 0.239 e. The molecule has 0 aromatic rings. The van der Waals surface area contributed by atoms with Gasteiger partial charge in [-0.3, -0.25) is 9.69 Å². The topological polar surface area (TPSA) is 35.6 Å². The predicted octanol–water partition coefficient (Wildman–Crippen LogP) is -0.632. The molecule has 0 bridgehead atoms. The largest absolute Gasteiger partial charge is 0.339 e. The van der Waals surface area contributed by atoms with Crippen molar-refractivity contribution < 1.29 is 4.79 Å². The normalized spacial score (nSPS) is 20.5. The van der Waals surface area contributed by atoms with Gasteiger partial charge in [-0.1, -0.05) is 0 Å². The Hall–Kier alpha value is -0.610. The second-order valence-electron chi connectivity index (χ2n) is 3.71. The van der Waals surface area contributed by atoms with E-state index in [4.69, 9.17) is 0 Å². The Morgan fingerprint density at radius 1 is 1.38 bits per heavy atom. The first kappa shape index (κ1) is 10.5. The lowest BCUT2D eigenvalue weighted by Crippen LogP contribution is -2.51. The molecule has 1 fully saturated rings. The van der Waals surface area contributed by atoms with Crippen LogP contribution in [0, 0.1) is 0 Å². The summed E-state index contributed by atoms with van der Waals surface area (Å²) < 4.78 is 0. The van der Waals surface area contributed by atoms with Crippen molar-refractivity contribution >= 4 is 5.91 Å². The Morgan fingerprint density at radius 2 is 1.92 bits per heavy atom. The minimum Gasteiger partial charge on any atom is -0.339 e. The van der Waals surface area contributed by atoms with Crippen molar-refractivity contribution in [2.45, 2.75) is 13.0 Å². The van der Waals surface area contributed by atoms with E-state index in [1.54, 1.807) is 0 Å². The number of piperazine rings is 1. The number of carbonyl (C=O) groups is 1. The molecule has 0 spiro atoms. The van der Waals surface area contributed by atoms with Gasteiger partial charge in [-0.05, 0) is 21.0 Å². The Balaban J connectivity index is 2.45. The first-order chi connectivity index (χ1) is 6.13. The summed E-state index contributed by atoms with van der Waals surface area (Å²) in [6.45, 7) is 5.48. The molecule has 0 radical (unpaired) electrons. The molecule has 1 rings (SSSR count). The second-order valence-corrected chi connectivity index (χ2v) is 3.71. The van der Waals surface area contributed by atoms with Gasteiger partial charge in [0, 0.05) is 26.2 Å². The van der Waals surface area contributed by atoms with Crippen LogP contribution >= 0.6 is 0 Å². The molecule has 4 nitrogen and oxygen atoms in total. The highest BCUT2D eigenvalue weighted by Gasteiger charge is 2.22. The maximum atomic E-state index is 11.8. The zero-order chi connectivity index (χ0) is 9.84. The molecule has 0 aromatic heterocycles. The lowest BCUT2D eigenvalue weighted by Gasteiger charge is -2.31. The van der Waals surface area contributed by atoms with Gasteiger partial charge in [-0.25, -0.2) is 0 Å². The minimum absolute atomic E-state index is 0.00176. The third-order valence-electron chi connectivity index (χ3n) is 2.56. The van der Waals surface area contributed by atoms with Crippen LogP contribution in [0.2, 0.25) is 0 Å². The van der Waals surface area contributed by atoms with Crippen LogP contribution in [0.1, 0.15) is 6.92 Å². The molecule has 0 aliphatic carbocycles. The van der Waals surface area contributed by atoms with Crippen LogP contribution < -0.4 is 5.32 Å². The van der Waals surface area contributed by atoms with Crippen LogP contribution in [-0.2, 0) is 4.79 Å². The van der Waals surface area contributed by atoms with Gasteiger partial charge in [-0.15, -0.1) is 0 Å². The van der Waals surface area contributed by atoms with E-state index in [2.05, 4.69) is 5.32 Å². The summed E-state index contributed by atoms with van der Waals surface area (Å²) in [4.78, 5) is 15.7. The highest BCUT2D eigenvalue weighted by Crippen LogP contribution is 2.01. The summed E-state index contributed by atoms with van der Waals surface area (Å²) in [6.07, 6.45) is 0. The maximum absolute atomic E-state index is 11.8. The highest BCUT2D eigenvalue weighted by molar-refractivity contribution is 5.81. The van der Waals surface area contributed by atoms with Gasteiger partial charge in [0.15, 0.2) is 0 Å². The molecule has 0 saturated carbocycles. The first-order valence-electron chi connectivity index (χ1n) is 4.79. The molecule has 1 amide bonds. The number of nitrogens with one attached hydrogen (secondary N) is 1. The fraction of sp³-hybridized carbons (Fsp3) is 0.889. The van der Waals surface area contributed by atoms with Gasteiger partial charge in [0.2, 0.25) is 5.91 Å². The summed E-state index contributed by atoms with van der Waals surface area (Å²) in [5, 5.41) is 3.23. The Kier molecular flexibility index (Phi) is 3.69. The zero-order valence-electron chi connectivity index (χ0n) is 8.71. The van der Waals surface area contributed by atoms with E-state index in [1.807, 2.05) is 30.8 Å². The Morgan fingerprint density at radius 3 is 2.38 bits per heavy atom. The van der Waals surface area contributed by atoms with Crippen molar-refractivity contribution in [2.75, 3.05) is 40.3 Å². The Labute approximate surface area is 79.9 Å². The number of hydrogen-bond acceptors (Lipinski definition) is 3. The van der Waals surface area contributed by atoms with Gasteiger partial charge in [0.1, 0.15) is 0 Å². The lowest BCUT2D eigenvalue weighted by atomic mass is 10.2. The van der Waals surface area contributed by atoms with E-state index in [1.165, 1.54) is 0 Å². The molecule has 1 saturated heterocycles. The van der Waals surface area contributed by atoms with E-state index in [9.17, 15) is 4.79 Å². The molecule has 76 valence electrons. The number of nitrogens with zero attached hydrogens (tertiary/aromatic N) is 2. The average Bonchev–Trinajstić information content (AvgIpc) is 2.17. The predicted molar refractivity (Wildman–Crippen MR) is 52.6 cm³/mol. The SMILES string of the molecule is C[C@@H](C(=O)N1CCNCC1)N(C)C. The van der Waals surface area contributed by atoms with Gasteiger partial charge < -0.3 is 10.2 Å². The lowest BCUT2D eigenvalue weighted by molar-refractivity contribution is -0.136. The third-order valence-corrected chi connectivity index (χ3v) is 2.56. The quantitative estimate of drug-likeness (QED) is 0.622. The first-order valence-corrected chi connectivity index (χ1v) is 4.79. The summed E-state index contributed by atoms with van der Waals surface area (Å²) in [7, 11) is 3.87. The van der Waals surface area contributed by atoms with E-state index in [-0.39, 0.29) is 11.9 Å². The molecule has 13 heavy (non-hydrogen) atoms. The van der Waals surface area contributed by atoms with Gasteiger partial charge in [0.05, 0.1) is 6.04 Å². The number of carbonyl (C=O) groups excluding carboxylic acids is 1. The number of likely N-dealkylation sites (N-methyl/N-ethyl adjacent to an activating group) is 1. The second kappa shape index (κ2) is 4.58. The molecule has 0 unspecified atom stereocenters. The number of hydrogen-bond donors (Lipinski definition) is 1. The summed E-state index contributed by atoms with van der Waals surface area (Å²) in [5.41, 5.74) is 0. The van der Waals surface area contributed by atoms with Crippen molar-refractivity contribution in [3.8, 4) is 0 Å². The van der Waals surface area contributed by atoms with Crippen molar-refractivity contribution in [2.24, 2.45) is 0 Å². The zero-order valence-corrected chi connectivity index (χ0v) is 8.71. The molecule has 0 aromatic carbocycles. The fourth-order valence-corrected chi connectivity index (χ4v) is 1.37. The van der Waals surface area contributed by atoms with Crippen LogP contribution in [0.25, 0.3) is 0 Å². The number of amides is 1. The summed E-state index contributed by atoms with van der Waals surface area (Å²) in [6, 6.07) is -0.00176. The van der Waals surface area contributed by atoms with Crippen molar-refractivity contribution in [3.63, 3.8) is 0 Å². The van der Waals surface area contributed by atoms with Crippen molar-refractivity contribution in [3.05, 3.63) is 0 Å². The van der Waals surface area contributed by atoms with Crippen molar-refractivity contribution in [1.29, 1.82) is 0 Å². The molecular formula is C9H19N3O. The van der Waals surface area contributed by atoms with Crippen molar-refractivity contribution in [1.82, 2.24) is 15.1 Å². The molecule has 1 N–H and O–H groups in total. The van der Waals surface area contributed by atoms with Gasteiger partial charge in [-0.2, -0.15) is 0 Å². The fourth-order valence-electron chi connectivity index (χ4n) is 1.37. The third kappa shape index (κ3) is 2.67. The van der Waals surface area contributed by atoms with E-state index >= 15 is 0 Å².